The van der Waals surface area contributed by atoms with Crippen molar-refractivity contribution < 1.29 is 27.0 Å². The van der Waals surface area contributed by atoms with Crippen molar-refractivity contribution in [2.45, 2.75) is 117 Å². The molecule has 2 N–H and O–H groups in total. The second kappa shape index (κ2) is 15.1. The molecule has 0 spiro atoms. The summed E-state index contributed by atoms with van der Waals surface area (Å²) in [4.78, 5) is 10.5. The van der Waals surface area contributed by atoms with Gasteiger partial charge in [-0.25, -0.2) is 0 Å². The Morgan fingerprint density at radius 3 is 1.04 bits per heavy atom. The van der Waals surface area contributed by atoms with Crippen LogP contribution in [0, 0.1) is 0 Å². The van der Waals surface area contributed by atoms with E-state index in [4.69, 9.17) is 9.98 Å². The summed E-state index contributed by atoms with van der Waals surface area (Å²) in [5.74, 6) is 0.508. The van der Waals surface area contributed by atoms with Gasteiger partial charge in [-0.05, 0) is 56.0 Å². The smallest absolute Gasteiger partial charge is 0.128 e. The molecule has 5 heteroatoms. The number of aromatic hydroxyl groups is 2. The van der Waals surface area contributed by atoms with Gasteiger partial charge < -0.3 is 10.2 Å². The third-order valence-corrected chi connectivity index (χ3v) is 8.96. The zero-order valence-electron chi connectivity index (χ0n) is 31.5. The normalized spacial score (nSPS) is 14.2. The first kappa shape index (κ1) is 39.8. The minimum absolute atomic E-state index is 0. The summed E-state index contributed by atoms with van der Waals surface area (Å²) in [6, 6.07) is 28.0. The van der Waals surface area contributed by atoms with E-state index in [0.717, 1.165) is 33.4 Å². The molecule has 263 valence electrons. The van der Waals surface area contributed by atoms with Gasteiger partial charge in [-0.15, -0.1) is 0 Å². The van der Waals surface area contributed by atoms with Crippen LogP contribution < -0.4 is 0 Å². The summed E-state index contributed by atoms with van der Waals surface area (Å²) >= 11 is 0. The molecule has 0 aliphatic rings. The van der Waals surface area contributed by atoms with Gasteiger partial charge in [-0.3, -0.25) is 9.98 Å². The van der Waals surface area contributed by atoms with Crippen molar-refractivity contribution in [3.8, 4) is 11.5 Å². The molecule has 4 aromatic rings. The standard InChI is InChI=1S/C44H56N2O2.Co/c1-41(2,3)33-23-31(39(47)35(25-33)43(7,8)9)27-45-37(29-19-15-13-16-20-29)38(30-21-17-14-18-22-30)46-28-32-24-34(42(4,5)6)26-36(40(32)48)44(10,11)12;/h13-28,37-38,47-48H,1-12H3;/t37-,38?;/m0./s1. The average Bonchev–Trinajstić information content (AvgIpc) is 2.98. The fourth-order valence-electron chi connectivity index (χ4n) is 5.84. The Labute approximate surface area is 306 Å². The van der Waals surface area contributed by atoms with Crippen molar-refractivity contribution in [2.24, 2.45) is 9.98 Å². The fraction of sp³-hybridized carbons (Fsp3) is 0.409. The topological polar surface area (TPSA) is 65.2 Å². The van der Waals surface area contributed by atoms with E-state index in [9.17, 15) is 10.2 Å². The molecule has 0 bridgehead atoms. The van der Waals surface area contributed by atoms with Gasteiger partial charge >= 0.3 is 0 Å². The molecule has 49 heavy (non-hydrogen) atoms. The van der Waals surface area contributed by atoms with E-state index < -0.39 is 12.1 Å². The van der Waals surface area contributed by atoms with E-state index >= 15 is 0 Å². The van der Waals surface area contributed by atoms with E-state index in [1.807, 2.05) is 48.8 Å². The van der Waals surface area contributed by atoms with Gasteiger partial charge in [0.1, 0.15) is 23.6 Å². The van der Waals surface area contributed by atoms with Crippen molar-refractivity contribution in [3.63, 3.8) is 0 Å². The molecule has 0 aliphatic carbocycles. The number of hydrogen-bond acceptors (Lipinski definition) is 4. The van der Waals surface area contributed by atoms with Crippen molar-refractivity contribution in [2.75, 3.05) is 0 Å². The third kappa shape index (κ3) is 9.73. The SMILES string of the molecule is CC(C)(C)c1cc(C=NC(c2ccccc2)[C@@H](N=Cc2cc(C(C)(C)C)cc(C(C)(C)C)c2O)c2ccccc2)c(O)c(C(C)(C)C)c1.[Co]. The fourth-order valence-corrected chi connectivity index (χ4v) is 5.84. The molecule has 0 saturated heterocycles. The van der Waals surface area contributed by atoms with Crippen LogP contribution in [-0.2, 0) is 38.4 Å². The number of hydrogen-bond donors (Lipinski definition) is 2. The molecule has 0 aliphatic heterocycles. The number of phenols is 2. The zero-order chi connectivity index (χ0) is 35.7. The molecule has 1 radical (unpaired) electrons. The van der Waals surface area contributed by atoms with E-state index in [2.05, 4.69) is 132 Å². The van der Waals surface area contributed by atoms with Crippen LogP contribution in [0.4, 0.5) is 0 Å². The van der Waals surface area contributed by atoms with Gasteiger partial charge in [-0.2, -0.15) is 0 Å². The van der Waals surface area contributed by atoms with Crippen LogP contribution in [0.2, 0.25) is 0 Å². The summed E-state index contributed by atoms with van der Waals surface area (Å²) in [7, 11) is 0. The number of phenolic OH excluding ortho intramolecular Hbond substituents is 2. The molecule has 2 atom stereocenters. The summed E-state index contributed by atoms with van der Waals surface area (Å²) in [5.41, 5.74) is 6.75. The summed E-state index contributed by atoms with van der Waals surface area (Å²) in [6.45, 7) is 25.9. The van der Waals surface area contributed by atoms with Gasteiger partial charge in [0, 0.05) is 51.5 Å². The van der Waals surface area contributed by atoms with Crippen LogP contribution >= 0.6 is 0 Å². The molecular formula is C44H56CoN2O2. The maximum absolute atomic E-state index is 11.6. The van der Waals surface area contributed by atoms with Crippen LogP contribution in [0.15, 0.2) is 94.9 Å². The maximum atomic E-state index is 11.6. The Kier molecular flexibility index (Phi) is 12.2. The van der Waals surface area contributed by atoms with Crippen molar-refractivity contribution in [1.29, 1.82) is 0 Å². The van der Waals surface area contributed by atoms with E-state index in [1.54, 1.807) is 0 Å². The van der Waals surface area contributed by atoms with Gasteiger partial charge in [0.15, 0.2) is 0 Å². The second-order valence-electron chi connectivity index (χ2n) is 17.2. The molecule has 1 unspecified atom stereocenters. The zero-order valence-corrected chi connectivity index (χ0v) is 32.6. The summed E-state index contributed by atoms with van der Waals surface area (Å²) in [5, 5.41) is 23.1. The number of benzene rings is 4. The van der Waals surface area contributed by atoms with Crippen LogP contribution in [0.25, 0.3) is 0 Å². The van der Waals surface area contributed by atoms with Crippen LogP contribution in [0.3, 0.4) is 0 Å². The predicted octanol–water partition coefficient (Wildman–Crippen LogP) is 11.3. The molecular weight excluding hydrogens is 647 g/mol. The first-order valence-corrected chi connectivity index (χ1v) is 17.1. The monoisotopic (exact) mass is 703 g/mol. The van der Waals surface area contributed by atoms with Gasteiger partial charge in [0.2, 0.25) is 0 Å². The molecule has 0 fully saturated rings. The van der Waals surface area contributed by atoms with Crippen molar-refractivity contribution in [1.82, 2.24) is 0 Å². The number of nitrogens with zero attached hydrogens (tertiary/aromatic N) is 2. The Morgan fingerprint density at radius 2 is 0.776 bits per heavy atom. The van der Waals surface area contributed by atoms with Crippen LogP contribution in [-0.4, -0.2) is 22.6 Å². The van der Waals surface area contributed by atoms with Crippen molar-refractivity contribution in [3.05, 3.63) is 129 Å². The van der Waals surface area contributed by atoms with E-state index in [1.165, 1.54) is 0 Å². The van der Waals surface area contributed by atoms with Crippen LogP contribution in [0.1, 0.15) is 140 Å². The van der Waals surface area contributed by atoms with E-state index in [0.29, 0.717) is 11.1 Å². The Balaban J connectivity index is 0.00000650. The maximum Gasteiger partial charge on any atom is 0.128 e. The Morgan fingerprint density at radius 1 is 0.469 bits per heavy atom. The van der Waals surface area contributed by atoms with Gasteiger partial charge in [-0.1, -0.05) is 156 Å². The molecule has 0 amide bonds. The van der Waals surface area contributed by atoms with Crippen molar-refractivity contribution >= 4 is 12.4 Å². The predicted molar refractivity (Wildman–Crippen MR) is 205 cm³/mol. The van der Waals surface area contributed by atoms with Crippen LogP contribution in [0.5, 0.6) is 11.5 Å². The summed E-state index contributed by atoms with van der Waals surface area (Å²) in [6.07, 6.45) is 3.64. The first-order valence-electron chi connectivity index (χ1n) is 17.1. The van der Waals surface area contributed by atoms with E-state index in [-0.39, 0.29) is 49.9 Å². The minimum Gasteiger partial charge on any atom is -0.507 e. The second-order valence-corrected chi connectivity index (χ2v) is 17.2. The summed E-state index contributed by atoms with van der Waals surface area (Å²) < 4.78 is 0. The van der Waals surface area contributed by atoms with Gasteiger partial charge in [0.25, 0.3) is 0 Å². The quantitative estimate of drug-likeness (QED) is 0.188. The Bertz CT molecular complexity index is 1630. The molecule has 0 heterocycles. The first-order chi connectivity index (χ1) is 22.2. The third-order valence-electron chi connectivity index (χ3n) is 8.96. The number of aliphatic imine (C=N–C) groups is 2. The molecule has 0 saturated carbocycles. The molecule has 4 aromatic carbocycles. The average molecular weight is 704 g/mol. The molecule has 4 nitrogen and oxygen atoms in total. The minimum atomic E-state index is -0.407. The molecule has 0 aromatic heterocycles. The molecule has 4 rings (SSSR count). The largest absolute Gasteiger partial charge is 0.507 e. The van der Waals surface area contributed by atoms with Gasteiger partial charge in [0.05, 0.1) is 0 Å². The Hall–Kier alpha value is -3.67. The number of rotatable bonds is 7.